The van der Waals surface area contributed by atoms with E-state index < -0.39 is 0 Å². The van der Waals surface area contributed by atoms with Crippen molar-refractivity contribution >= 4 is 5.91 Å². The highest BCUT2D eigenvalue weighted by atomic mass is 16.5. The minimum Gasteiger partial charge on any atom is -0.457 e. The number of aromatic nitrogens is 2. The standard InChI is InChI=1S/C23H28N4O2/c1-4-5-13-27(3)16-18-15-25-26-22(18)17-11-12-21(20(14-17)23(28)24-2)29-19-9-7-6-8-10-19/h6-12,14-15H,4-5,13,16H2,1-3H3,(H,24,28)(H,25,26). The second kappa shape index (κ2) is 9.89. The van der Waals surface area contributed by atoms with Crippen LogP contribution in [-0.4, -0.2) is 41.6 Å². The monoisotopic (exact) mass is 392 g/mol. The normalized spacial score (nSPS) is 10.9. The van der Waals surface area contributed by atoms with E-state index in [2.05, 4.69) is 34.4 Å². The zero-order valence-corrected chi connectivity index (χ0v) is 17.2. The third kappa shape index (κ3) is 5.23. The molecule has 1 amide bonds. The fourth-order valence-electron chi connectivity index (χ4n) is 3.18. The molecule has 1 heterocycles. The average Bonchev–Trinajstić information content (AvgIpc) is 3.20. The molecule has 0 spiro atoms. The first-order valence-electron chi connectivity index (χ1n) is 9.92. The average molecular weight is 393 g/mol. The Balaban J connectivity index is 1.89. The number of H-pyrrole nitrogens is 1. The van der Waals surface area contributed by atoms with Crippen molar-refractivity contribution in [3.8, 4) is 22.8 Å². The van der Waals surface area contributed by atoms with E-state index in [1.807, 2.05) is 54.7 Å². The Bertz CT molecular complexity index is 937. The Kier molecular flexibility index (Phi) is 7.03. The van der Waals surface area contributed by atoms with Crippen molar-refractivity contribution in [3.63, 3.8) is 0 Å². The fraction of sp³-hybridized carbons (Fsp3) is 0.304. The number of aromatic amines is 1. The van der Waals surface area contributed by atoms with E-state index in [9.17, 15) is 4.79 Å². The number of carbonyl (C=O) groups is 1. The van der Waals surface area contributed by atoms with E-state index >= 15 is 0 Å². The second-order valence-corrected chi connectivity index (χ2v) is 7.07. The van der Waals surface area contributed by atoms with Crippen LogP contribution < -0.4 is 10.1 Å². The SMILES string of the molecule is CCCCN(C)Cc1cn[nH]c1-c1ccc(Oc2ccccc2)c(C(=O)NC)c1. The van der Waals surface area contributed by atoms with Crippen molar-refractivity contribution in [1.29, 1.82) is 0 Å². The zero-order chi connectivity index (χ0) is 20.6. The molecule has 0 fully saturated rings. The van der Waals surface area contributed by atoms with Gasteiger partial charge in [0, 0.05) is 24.7 Å². The first kappa shape index (κ1) is 20.6. The lowest BCUT2D eigenvalue weighted by molar-refractivity contribution is 0.0961. The Morgan fingerprint density at radius 2 is 2.00 bits per heavy atom. The predicted octanol–water partition coefficient (Wildman–Crippen LogP) is 4.46. The first-order valence-corrected chi connectivity index (χ1v) is 9.92. The van der Waals surface area contributed by atoms with Crippen LogP contribution in [0, 0.1) is 0 Å². The van der Waals surface area contributed by atoms with Gasteiger partial charge in [-0.1, -0.05) is 31.5 Å². The lowest BCUT2D eigenvalue weighted by atomic mass is 10.0. The van der Waals surface area contributed by atoms with Gasteiger partial charge in [-0.25, -0.2) is 0 Å². The molecular weight excluding hydrogens is 364 g/mol. The van der Waals surface area contributed by atoms with Crippen LogP contribution in [0.5, 0.6) is 11.5 Å². The highest BCUT2D eigenvalue weighted by Crippen LogP contribution is 2.31. The van der Waals surface area contributed by atoms with Crippen molar-refractivity contribution in [1.82, 2.24) is 20.4 Å². The molecule has 152 valence electrons. The summed E-state index contributed by atoms with van der Waals surface area (Å²) in [7, 11) is 3.73. The summed E-state index contributed by atoms with van der Waals surface area (Å²) in [5, 5.41) is 10.0. The Labute approximate surface area is 171 Å². The summed E-state index contributed by atoms with van der Waals surface area (Å²) < 4.78 is 5.95. The summed E-state index contributed by atoms with van der Waals surface area (Å²) in [4.78, 5) is 14.8. The minimum absolute atomic E-state index is 0.195. The quantitative estimate of drug-likeness (QED) is 0.564. The number of benzene rings is 2. The van der Waals surface area contributed by atoms with Crippen LogP contribution >= 0.6 is 0 Å². The summed E-state index contributed by atoms with van der Waals surface area (Å²) in [6.45, 7) is 4.02. The molecule has 2 aromatic carbocycles. The third-order valence-corrected chi connectivity index (χ3v) is 4.76. The molecule has 0 saturated heterocycles. The van der Waals surface area contributed by atoms with E-state index in [0.29, 0.717) is 17.1 Å². The van der Waals surface area contributed by atoms with Gasteiger partial charge in [0.15, 0.2) is 0 Å². The molecule has 2 N–H and O–H groups in total. The molecule has 0 aliphatic rings. The molecule has 6 heteroatoms. The Morgan fingerprint density at radius 3 is 2.72 bits per heavy atom. The number of nitrogens with one attached hydrogen (secondary N) is 2. The van der Waals surface area contributed by atoms with Crippen LogP contribution in [0.4, 0.5) is 0 Å². The molecule has 6 nitrogen and oxygen atoms in total. The van der Waals surface area contributed by atoms with Crippen LogP contribution in [0.2, 0.25) is 0 Å². The van der Waals surface area contributed by atoms with Crippen molar-refractivity contribution in [3.05, 3.63) is 65.9 Å². The van der Waals surface area contributed by atoms with Gasteiger partial charge in [-0.2, -0.15) is 5.10 Å². The van der Waals surface area contributed by atoms with E-state index in [-0.39, 0.29) is 5.91 Å². The number of carbonyl (C=O) groups excluding carboxylic acids is 1. The molecule has 1 aromatic heterocycles. The number of hydrogen-bond donors (Lipinski definition) is 2. The van der Waals surface area contributed by atoms with Crippen molar-refractivity contribution in [2.45, 2.75) is 26.3 Å². The van der Waals surface area contributed by atoms with E-state index in [0.717, 1.165) is 36.3 Å². The van der Waals surface area contributed by atoms with Crippen LogP contribution in [0.1, 0.15) is 35.7 Å². The van der Waals surface area contributed by atoms with Crippen molar-refractivity contribution < 1.29 is 9.53 Å². The molecule has 0 saturated carbocycles. The Hall–Kier alpha value is -3.12. The van der Waals surface area contributed by atoms with Gasteiger partial charge < -0.3 is 15.0 Å². The number of nitrogens with zero attached hydrogens (tertiary/aromatic N) is 2. The molecule has 3 rings (SSSR count). The minimum atomic E-state index is -0.195. The van der Waals surface area contributed by atoms with Crippen molar-refractivity contribution in [2.24, 2.45) is 0 Å². The molecule has 0 radical (unpaired) electrons. The highest BCUT2D eigenvalue weighted by molar-refractivity contribution is 5.98. The lowest BCUT2D eigenvalue weighted by Crippen LogP contribution is -2.19. The van der Waals surface area contributed by atoms with Gasteiger partial charge in [0.05, 0.1) is 17.5 Å². The van der Waals surface area contributed by atoms with Crippen LogP contribution in [0.3, 0.4) is 0 Å². The molecule has 0 unspecified atom stereocenters. The molecular formula is C23H28N4O2. The number of rotatable bonds is 9. The fourth-order valence-corrected chi connectivity index (χ4v) is 3.18. The van der Waals surface area contributed by atoms with E-state index in [4.69, 9.17) is 4.74 Å². The molecule has 0 bridgehead atoms. The van der Waals surface area contributed by atoms with Gasteiger partial charge in [-0.3, -0.25) is 9.89 Å². The highest BCUT2D eigenvalue weighted by Gasteiger charge is 2.17. The Morgan fingerprint density at radius 1 is 1.21 bits per heavy atom. The summed E-state index contributed by atoms with van der Waals surface area (Å²) in [5.41, 5.74) is 3.40. The van der Waals surface area contributed by atoms with Gasteiger partial charge in [0.2, 0.25) is 0 Å². The van der Waals surface area contributed by atoms with Crippen LogP contribution in [0.15, 0.2) is 54.7 Å². The molecule has 0 atom stereocenters. The lowest BCUT2D eigenvalue weighted by Gasteiger charge is -2.16. The van der Waals surface area contributed by atoms with Crippen LogP contribution in [-0.2, 0) is 6.54 Å². The van der Waals surface area contributed by atoms with Gasteiger partial charge in [0.1, 0.15) is 11.5 Å². The topological polar surface area (TPSA) is 70.2 Å². The van der Waals surface area contributed by atoms with Gasteiger partial charge in [0.25, 0.3) is 5.91 Å². The zero-order valence-electron chi connectivity index (χ0n) is 17.2. The summed E-state index contributed by atoms with van der Waals surface area (Å²) >= 11 is 0. The summed E-state index contributed by atoms with van der Waals surface area (Å²) in [5.74, 6) is 1.00. The summed E-state index contributed by atoms with van der Waals surface area (Å²) in [6.07, 6.45) is 4.18. The smallest absolute Gasteiger partial charge is 0.254 e. The predicted molar refractivity (Wildman–Crippen MR) is 115 cm³/mol. The number of para-hydroxylation sites is 1. The number of amides is 1. The maximum Gasteiger partial charge on any atom is 0.254 e. The molecule has 0 aliphatic carbocycles. The van der Waals surface area contributed by atoms with E-state index in [1.54, 1.807) is 7.05 Å². The largest absolute Gasteiger partial charge is 0.457 e. The first-order chi connectivity index (χ1) is 14.1. The van der Waals surface area contributed by atoms with E-state index in [1.165, 1.54) is 6.42 Å². The van der Waals surface area contributed by atoms with Gasteiger partial charge in [-0.15, -0.1) is 0 Å². The number of hydrogen-bond acceptors (Lipinski definition) is 4. The van der Waals surface area contributed by atoms with Crippen LogP contribution in [0.25, 0.3) is 11.3 Å². The van der Waals surface area contributed by atoms with Gasteiger partial charge >= 0.3 is 0 Å². The maximum atomic E-state index is 12.5. The molecule has 29 heavy (non-hydrogen) atoms. The maximum absolute atomic E-state index is 12.5. The van der Waals surface area contributed by atoms with Crippen molar-refractivity contribution in [2.75, 3.05) is 20.6 Å². The van der Waals surface area contributed by atoms with Gasteiger partial charge in [-0.05, 0) is 50.3 Å². The third-order valence-electron chi connectivity index (χ3n) is 4.76. The number of unbranched alkanes of at least 4 members (excludes halogenated alkanes) is 1. The molecule has 0 aliphatic heterocycles. The molecule has 3 aromatic rings. The second-order valence-electron chi connectivity index (χ2n) is 7.07. The summed E-state index contributed by atoms with van der Waals surface area (Å²) in [6, 6.07) is 15.1. The number of ether oxygens (including phenoxy) is 1.